The fourth-order valence-electron chi connectivity index (χ4n) is 1.29. The fraction of sp³-hybridized carbons (Fsp3) is 0.300. The predicted molar refractivity (Wildman–Crippen MR) is 57.6 cm³/mol. The standard InChI is InChI=1S/C10H11ClO5/c1-15-6-3-5(4-7(12)13)9(14)8(11)10(6)16-2/h3,14H,4H2,1-2H3,(H,12,13). The van der Waals surface area contributed by atoms with Crippen molar-refractivity contribution < 1.29 is 24.5 Å². The summed E-state index contributed by atoms with van der Waals surface area (Å²) >= 11 is 5.82. The van der Waals surface area contributed by atoms with Crippen LogP contribution in [0.15, 0.2) is 6.07 Å². The lowest BCUT2D eigenvalue weighted by Crippen LogP contribution is -2.02. The first-order valence-corrected chi connectivity index (χ1v) is 4.73. The van der Waals surface area contributed by atoms with E-state index in [0.717, 1.165) is 0 Å². The molecule has 1 aromatic carbocycles. The van der Waals surface area contributed by atoms with Gasteiger partial charge in [-0.05, 0) is 6.07 Å². The van der Waals surface area contributed by atoms with Gasteiger partial charge in [-0.1, -0.05) is 11.6 Å². The Balaban J connectivity index is 3.32. The molecule has 1 aromatic rings. The van der Waals surface area contributed by atoms with Crippen LogP contribution in [0.1, 0.15) is 5.56 Å². The van der Waals surface area contributed by atoms with E-state index in [2.05, 4.69) is 0 Å². The Hall–Kier alpha value is -1.62. The van der Waals surface area contributed by atoms with Crippen molar-refractivity contribution in [3.05, 3.63) is 16.7 Å². The molecule has 5 nitrogen and oxygen atoms in total. The number of hydrogen-bond acceptors (Lipinski definition) is 4. The molecule has 0 aliphatic heterocycles. The van der Waals surface area contributed by atoms with Crippen molar-refractivity contribution in [2.24, 2.45) is 0 Å². The molecule has 6 heteroatoms. The Morgan fingerprint density at radius 3 is 2.50 bits per heavy atom. The third-order valence-corrected chi connectivity index (χ3v) is 2.36. The number of aromatic hydroxyl groups is 1. The maximum atomic E-state index is 10.6. The van der Waals surface area contributed by atoms with Gasteiger partial charge in [0.1, 0.15) is 10.8 Å². The molecule has 0 saturated heterocycles. The molecule has 0 aliphatic rings. The number of hydrogen-bond donors (Lipinski definition) is 2. The summed E-state index contributed by atoms with van der Waals surface area (Å²) in [6.45, 7) is 0. The highest BCUT2D eigenvalue weighted by atomic mass is 35.5. The van der Waals surface area contributed by atoms with Crippen molar-refractivity contribution in [3.63, 3.8) is 0 Å². The number of methoxy groups -OCH3 is 2. The molecule has 0 unspecified atom stereocenters. The van der Waals surface area contributed by atoms with Gasteiger partial charge in [0.05, 0.1) is 20.6 Å². The molecule has 0 spiro atoms. The minimum atomic E-state index is -1.07. The van der Waals surface area contributed by atoms with E-state index in [4.69, 9.17) is 26.2 Å². The van der Waals surface area contributed by atoms with E-state index >= 15 is 0 Å². The molecule has 0 aliphatic carbocycles. The van der Waals surface area contributed by atoms with Gasteiger partial charge in [0.2, 0.25) is 0 Å². The average Bonchev–Trinajstić information content (AvgIpc) is 2.24. The lowest BCUT2D eigenvalue weighted by Gasteiger charge is -2.13. The SMILES string of the molecule is COc1cc(CC(=O)O)c(O)c(Cl)c1OC. The van der Waals surface area contributed by atoms with Crippen molar-refractivity contribution in [1.29, 1.82) is 0 Å². The van der Waals surface area contributed by atoms with Crippen LogP contribution < -0.4 is 9.47 Å². The topological polar surface area (TPSA) is 76.0 Å². The van der Waals surface area contributed by atoms with Crippen molar-refractivity contribution >= 4 is 17.6 Å². The van der Waals surface area contributed by atoms with Gasteiger partial charge in [0.25, 0.3) is 0 Å². The fourth-order valence-corrected chi connectivity index (χ4v) is 1.58. The third kappa shape index (κ3) is 2.30. The smallest absolute Gasteiger partial charge is 0.307 e. The third-order valence-electron chi connectivity index (χ3n) is 2.01. The van der Waals surface area contributed by atoms with Crippen molar-refractivity contribution in [1.82, 2.24) is 0 Å². The van der Waals surface area contributed by atoms with Crippen LogP contribution in [0.25, 0.3) is 0 Å². The lowest BCUT2D eigenvalue weighted by molar-refractivity contribution is -0.136. The van der Waals surface area contributed by atoms with Gasteiger partial charge in [0, 0.05) is 5.56 Å². The molecule has 0 fully saturated rings. The maximum absolute atomic E-state index is 10.6. The van der Waals surface area contributed by atoms with Crippen LogP contribution in [0, 0.1) is 0 Å². The van der Waals surface area contributed by atoms with Gasteiger partial charge in [-0.15, -0.1) is 0 Å². The van der Waals surface area contributed by atoms with E-state index in [9.17, 15) is 9.90 Å². The molecule has 88 valence electrons. The summed E-state index contributed by atoms with van der Waals surface area (Å²) in [6.07, 6.45) is -0.341. The number of halogens is 1. The van der Waals surface area contributed by atoms with Gasteiger partial charge in [-0.2, -0.15) is 0 Å². The summed E-state index contributed by atoms with van der Waals surface area (Å²) < 4.78 is 9.92. The molecule has 0 aromatic heterocycles. The van der Waals surface area contributed by atoms with Crippen LogP contribution >= 0.6 is 11.6 Å². The average molecular weight is 247 g/mol. The molecule has 0 heterocycles. The predicted octanol–water partition coefficient (Wildman–Crippen LogP) is 1.69. The second-order valence-corrected chi connectivity index (χ2v) is 3.38. The molecule has 0 radical (unpaired) electrons. The number of benzene rings is 1. The summed E-state index contributed by atoms with van der Waals surface area (Å²) in [5.74, 6) is -0.919. The van der Waals surface area contributed by atoms with E-state index in [1.165, 1.54) is 20.3 Å². The van der Waals surface area contributed by atoms with Gasteiger partial charge in [-0.3, -0.25) is 4.79 Å². The second-order valence-electron chi connectivity index (χ2n) is 3.00. The normalized spacial score (nSPS) is 9.94. The molecule has 0 saturated carbocycles. The summed E-state index contributed by atoms with van der Waals surface area (Å²) in [5, 5.41) is 18.2. The van der Waals surface area contributed by atoms with Crippen LogP contribution in [0.5, 0.6) is 17.2 Å². The van der Waals surface area contributed by atoms with E-state index < -0.39 is 5.97 Å². The highest BCUT2D eigenvalue weighted by Crippen LogP contribution is 2.43. The van der Waals surface area contributed by atoms with Crippen molar-refractivity contribution in [3.8, 4) is 17.2 Å². The maximum Gasteiger partial charge on any atom is 0.307 e. The van der Waals surface area contributed by atoms with Crippen molar-refractivity contribution in [2.75, 3.05) is 14.2 Å². The highest BCUT2D eigenvalue weighted by Gasteiger charge is 2.18. The van der Waals surface area contributed by atoms with Gasteiger partial charge in [0.15, 0.2) is 11.5 Å². The zero-order valence-corrected chi connectivity index (χ0v) is 9.54. The number of carboxylic acids is 1. The van der Waals surface area contributed by atoms with E-state index in [1.807, 2.05) is 0 Å². The highest BCUT2D eigenvalue weighted by molar-refractivity contribution is 6.34. The van der Waals surface area contributed by atoms with Crippen molar-refractivity contribution in [2.45, 2.75) is 6.42 Å². The first kappa shape index (κ1) is 12.4. The number of ether oxygens (including phenoxy) is 2. The molecule has 0 amide bonds. The number of phenolic OH excluding ortho intramolecular Hbond substituents is 1. The quantitative estimate of drug-likeness (QED) is 0.846. The molecule has 0 bridgehead atoms. The lowest BCUT2D eigenvalue weighted by atomic mass is 10.1. The Labute approximate surface area is 97.2 Å². The zero-order valence-electron chi connectivity index (χ0n) is 8.78. The summed E-state index contributed by atoms with van der Waals surface area (Å²) in [6, 6.07) is 1.38. The number of rotatable bonds is 4. The minimum absolute atomic E-state index is 0.0573. The van der Waals surface area contributed by atoms with Crippen LogP contribution in [-0.4, -0.2) is 30.4 Å². The zero-order chi connectivity index (χ0) is 12.3. The minimum Gasteiger partial charge on any atom is -0.506 e. The van der Waals surface area contributed by atoms with Gasteiger partial charge in [-0.25, -0.2) is 0 Å². The first-order chi connectivity index (χ1) is 7.51. The summed E-state index contributed by atoms with van der Waals surface area (Å²) in [7, 11) is 2.77. The van der Waals surface area contributed by atoms with Crippen LogP contribution in [-0.2, 0) is 11.2 Å². The molecule has 1 rings (SSSR count). The Kier molecular flexibility index (Phi) is 3.84. The summed E-state index contributed by atoms with van der Waals surface area (Å²) in [5.41, 5.74) is 0.176. The molecule has 0 atom stereocenters. The molecular formula is C10H11ClO5. The number of carboxylic acid groups (broad SMARTS) is 1. The van der Waals surface area contributed by atoms with E-state index in [0.29, 0.717) is 0 Å². The number of phenols is 1. The Morgan fingerprint density at radius 2 is 2.06 bits per heavy atom. The van der Waals surface area contributed by atoms with Gasteiger partial charge < -0.3 is 19.7 Å². The van der Waals surface area contributed by atoms with Gasteiger partial charge >= 0.3 is 5.97 Å². The Morgan fingerprint density at radius 1 is 1.44 bits per heavy atom. The molecular weight excluding hydrogens is 236 g/mol. The monoisotopic (exact) mass is 246 g/mol. The largest absolute Gasteiger partial charge is 0.506 e. The molecule has 16 heavy (non-hydrogen) atoms. The number of carbonyl (C=O) groups is 1. The number of aliphatic carboxylic acids is 1. The van der Waals surface area contributed by atoms with Crippen LogP contribution in [0.4, 0.5) is 0 Å². The summed E-state index contributed by atoms with van der Waals surface area (Å²) in [4.78, 5) is 10.6. The molecule has 2 N–H and O–H groups in total. The van der Waals surface area contributed by atoms with Crippen LogP contribution in [0.2, 0.25) is 5.02 Å². The second kappa shape index (κ2) is 4.94. The Bertz CT molecular complexity index is 416. The van der Waals surface area contributed by atoms with Crippen LogP contribution in [0.3, 0.4) is 0 Å². The van der Waals surface area contributed by atoms with E-state index in [1.54, 1.807) is 0 Å². The van der Waals surface area contributed by atoms with E-state index in [-0.39, 0.29) is 34.3 Å². The first-order valence-electron chi connectivity index (χ1n) is 4.35.